The Morgan fingerprint density at radius 3 is 2.70 bits per heavy atom. The third-order valence-electron chi connectivity index (χ3n) is 2.73. The van der Waals surface area contributed by atoms with Crippen LogP contribution in [0.5, 0.6) is 0 Å². The number of nitrogens with one attached hydrogen (secondary N) is 1. The predicted octanol–water partition coefficient (Wildman–Crippen LogP) is 3.78. The van der Waals surface area contributed by atoms with Gasteiger partial charge in [-0.2, -0.15) is 0 Å². The SMILES string of the molecule is CCCNc1cnc(COCc2ccccc2Br)cn1. The molecule has 0 aliphatic heterocycles. The summed E-state index contributed by atoms with van der Waals surface area (Å²) >= 11 is 3.50. The molecule has 0 spiro atoms. The van der Waals surface area contributed by atoms with E-state index in [9.17, 15) is 0 Å². The minimum absolute atomic E-state index is 0.461. The van der Waals surface area contributed by atoms with Crippen molar-refractivity contribution in [2.24, 2.45) is 0 Å². The third-order valence-corrected chi connectivity index (χ3v) is 3.50. The van der Waals surface area contributed by atoms with Crippen LogP contribution in [-0.2, 0) is 18.0 Å². The molecule has 1 aromatic carbocycles. The van der Waals surface area contributed by atoms with Gasteiger partial charge in [0.2, 0.25) is 0 Å². The summed E-state index contributed by atoms with van der Waals surface area (Å²) in [6.45, 7) is 4.04. The van der Waals surface area contributed by atoms with Crippen molar-refractivity contribution in [3.8, 4) is 0 Å². The van der Waals surface area contributed by atoms with E-state index in [2.05, 4.69) is 38.1 Å². The van der Waals surface area contributed by atoms with Crippen molar-refractivity contribution >= 4 is 21.7 Å². The molecule has 0 saturated heterocycles. The average Bonchev–Trinajstić information content (AvgIpc) is 2.48. The average molecular weight is 336 g/mol. The highest BCUT2D eigenvalue weighted by atomic mass is 79.9. The molecular formula is C15H18BrN3O. The first kappa shape index (κ1) is 14.9. The number of aromatic nitrogens is 2. The van der Waals surface area contributed by atoms with E-state index in [1.807, 2.05) is 24.3 Å². The predicted molar refractivity (Wildman–Crippen MR) is 83.4 cm³/mol. The van der Waals surface area contributed by atoms with Crippen molar-refractivity contribution in [3.05, 3.63) is 52.4 Å². The van der Waals surface area contributed by atoms with E-state index in [0.29, 0.717) is 13.2 Å². The van der Waals surface area contributed by atoms with E-state index in [1.165, 1.54) is 0 Å². The molecule has 0 aliphatic carbocycles. The van der Waals surface area contributed by atoms with Gasteiger partial charge in [-0.1, -0.05) is 41.1 Å². The van der Waals surface area contributed by atoms with Crippen molar-refractivity contribution < 1.29 is 4.74 Å². The van der Waals surface area contributed by atoms with Crippen LogP contribution in [0.4, 0.5) is 5.82 Å². The molecule has 0 saturated carbocycles. The highest BCUT2D eigenvalue weighted by molar-refractivity contribution is 9.10. The Morgan fingerprint density at radius 1 is 1.15 bits per heavy atom. The lowest BCUT2D eigenvalue weighted by molar-refractivity contribution is 0.104. The minimum Gasteiger partial charge on any atom is -0.370 e. The van der Waals surface area contributed by atoms with Gasteiger partial charge in [0.15, 0.2) is 0 Å². The van der Waals surface area contributed by atoms with Gasteiger partial charge < -0.3 is 10.1 Å². The maximum absolute atomic E-state index is 5.65. The summed E-state index contributed by atoms with van der Waals surface area (Å²) in [4.78, 5) is 8.62. The first-order valence-corrected chi connectivity index (χ1v) is 7.45. The fraction of sp³-hybridized carbons (Fsp3) is 0.333. The molecule has 106 valence electrons. The Bertz CT molecular complexity index is 531. The Balaban J connectivity index is 1.81. The van der Waals surface area contributed by atoms with Crippen LogP contribution in [0.25, 0.3) is 0 Å². The quantitative estimate of drug-likeness (QED) is 0.836. The van der Waals surface area contributed by atoms with Gasteiger partial charge >= 0.3 is 0 Å². The molecule has 1 heterocycles. The first-order valence-electron chi connectivity index (χ1n) is 6.65. The second-order valence-electron chi connectivity index (χ2n) is 4.40. The smallest absolute Gasteiger partial charge is 0.144 e. The maximum Gasteiger partial charge on any atom is 0.144 e. The summed E-state index contributed by atoms with van der Waals surface area (Å²) < 4.78 is 6.72. The third kappa shape index (κ3) is 4.58. The van der Waals surface area contributed by atoms with Crippen LogP contribution in [-0.4, -0.2) is 16.5 Å². The van der Waals surface area contributed by atoms with E-state index in [0.717, 1.165) is 34.5 Å². The fourth-order valence-electron chi connectivity index (χ4n) is 1.65. The van der Waals surface area contributed by atoms with E-state index >= 15 is 0 Å². The molecule has 0 radical (unpaired) electrons. The molecule has 2 aromatic rings. The second-order valence-corrected chi connectivity index (χ2v) is 5.26. The van der Waals surface area contributed by atoms with Crippen molar-refractivity contribution in [1.82, 2.24) is 9.97 Å². The van der Waals surface area contributed by atoms with Crippen LogP contribution in [0, 0.1) is 0 Å². The van der Waals surface area contributed by atoms with Crippen LogP contribution in [0.3, 0.4) is 0 Å². The maximum atomic E-state index is 5.65. The minimum atomic E-state index is 0.461. The topological polar surface area (TPSA) is 47.0 Å². The molecule has 1 N–H and O–H groups in total. The van der Waals surface area contributed by atoms with Crippen molar-refractivity contribution in [1.29, 1.82) is 0 Å². The van der Waals surface area contributed by atoms with Crippen molar-refractivity contribution in [2.45, 2.75) is 26.6 Å². The summed E-state index contributed by atoms with van der Waals surface area (Å²) in [6.07, 6.45) is 4.56. The summed E-state index contributed by atoms with van der Waals surface area (Å²) in [5.41, 5.74) is 1.96. The molecule has 0 amide bonds. The number of ether oxygens (including phenoxy) is 1. The monoisotopic (exact) mass is 335 g/mol. The molecule has 0 bridgehead atoms. The fourth-order valence-corrected chi connectivity index (χ4v) is 2.05. The van der Waals surface area contributed by atoms with E-state index in [4.69, 9.17) is 4.74 Å². The zero-order valence-electron chi connectivity index (χ0n) is 11.5. The standard InChI is InChI=1S/C15H18BrN3O/c1-2-7-17-15-9-18-13(8-19-15)11-20-10-12-5-3-4-6-14(12)16/h3-6,8-9H,2,7,10-11H2,1H3,(H,17,19). The summed E-state index contributed by atoms with van der Waals surface area (Å²) in [5.74, 6) is 0.807. The molecule has 20 heavy (non-hydrogen) atoms. The number of nitrogens with zero attached hydrogens (tertiary/aromatic N) is 2. The van der Waals surface area contributed by atoms with Gasteiger partial charge in [-0.15, -0.1) is 0 Å². The normalized spacial score (nSPS) is 10.5. The Labute approximate surface area is 127 Å². The lowest BCUT2D eigenvalue weighted by Gasteiger charge is -2.07. The van der Waals surface area contributed by atoms with Gasteiger partial charge in [0.05, 0.1) is 31.3 Å². The number of halogens is 1. The van der Waals surface area contributed by atoms with Crippen molar-refractivity contribution in [2.75, 3.05) is 11.9 Å². The van der Waals surface area contributed by atoms with Crippen LogP contribution in [0.1, 0.15) is 24.6 Å². The van der Waals surface area contributed by atoms with Gasteiger partial charge in [0.25, 0.3) is 0 Å². The van der Waals surface area contributed by atoms with E-state index in [-0.39, 0.29) is 0 Å². The number of hydrogen-bond acceptors (Lipinski definition) is 4. The first-order chi connectivity index (χ1) is 9.79. The van der Waals surface area contributed by atoms with Crippen LogP contribution < -0.4 is 5.32 Å². The lowest BCUT2D eigenvalue weighted by atomic mass is 10.2. The molecule has 0 fully saturated rings. The number of hydrogen-bond donors (Lipinski definition) is 1. The largest absolute Gasteiger partial charge is 0.370 e. The zero-order valence-corrected chi connectivity index (χ0v) is 13.1. The Morgan fingerprint density at radius 2 is 2.00 bits per heavy atom. The molecule has 0 aliphatic rings. The molecule has 0 unspecified atom stereocenters. The van der Waals surface area contributed by atoms with Gasteiger partial charge in [0.1, 0.15) is 5.82 Å². The Hall–Kier alpha value is -1.46. The highest BCUT2D eigenvalue weighted by Crippen LogP contribution is 2.17. The van der Waals surface area contributed by atoms with Crippen molar-refractivity contribution in [3.63, 3.8) is 0 Å². The molecule has 4 nitrogen and oxygen atoms in total. The molecule has 0 atom stereocenters. The molecular weight excluding hydrogens is 318 g/mol. The second kappa shape index (κ2) is 7.97. The zero-order chi connectivity index (χ0) is 14.2. The molecule has 2 rings (SSSR count). The van der Waals surface area contributed by atoms with E-state index < -0.39 is 0 Å². The lowest BCUT2D eigenvalue weighted by Crippen LogP contribution is -2.04. The molecule has 5 heteroatoms. The number of anilines is 1. The van der Waals surface area contributed by atoms with Crippen LogP contribution >= 0.6 is 15.9 Å². The van der Waals surface area contributed by atoms with E-state index in [1.54, 1.807) is 12.4 Å². The summed E-state index contributed by atoms with van der Waals surface area (Å²) in [5, 5.41) is 3.19. The highest BCUT2D eigenvalue weighted by Gasteiger charge is 2.01. The number of benzene rings is 1. The number of rotatable bonds is 7. The Kier molecular flexibility index (Phi) is 5.95. The van der Waals surface area contributed by atoms with Gasteiger partial charge in [-0.05, 0) is 18.1 Å². The van der Waals surface area contributed by atoms with Crippen LogP contribution in [0.2, 0.25) is 0 Å². The van der Waals surface area contributed by atoms with Gasteiger partial charge in [0, 0.05) is 11.0 Å². The van der Waals surface area contributed by atoms with Gasteiger partial charge in [-0.25, -0.2) is 4.98 Å². The molecule has 1 aromatic heterocycles. The summed E-state index contributed by atoms with van der Waals surface area (Å²) in [6, 6.07) is 8.03. The summed E-state index contributed by atoms with van der Waals surface area (Å²) in [7, 11) is 0. The van der Waals surface area contributed by atoms with Crippen LogP contribution in [0.15, 0.2) is 41.1 Å². The van der Waals surface area contributed by atoms with Gasteiger partial charge in [-0.3, -0.25) is 4.98 Å².